The SMILES string of the molecule is Cc1ccc2ccccc2c1C1=c2ccccc2=C/C(=C/N[C@@H]2CCCC[C@H]2N/C=C2/C=c3ccccc3=C(c3c(C)ccc4ccccc34)C2=O)C1=O.[Co]. The molecule has 0 saturated heterocycles. The summed E-state index contributed by atoms with van der Waals surface area (Å²) in [4.78, 5) is 29.0. The van der Waals surface area contributed by atoms with E-state index in [-0.39, 0.29) is 40.4 Å². The van der Waals surface area contributed by atoms with E-state index in [1.807, 2.05) is 73.1 Å². The maximum atomic E-state index is 14.5. The Morgan fingerprint density at radius 2 is 0.909 bits per heavy atom. The van der Waals surface area contributed by atoms with Crippen LogP contribution in [0.25, 0.3) is 44.8 Å². The Labute approximate surface area is 331 Å². The fraction of sp³-hybridized carbons (Fsp3) is 0.160. The fourth-order valence-corrected chi connectivity index (χ4v) is 8.76. The van der Waals surface area contributed by atoms with Crippen LogP contribution in [0.1, 0.15) is 47.9 Å². The Morgan fingerprint density at radius 3 is 1.36 bits per heavy atom. The Kier molecular flexibility index (Phi) is 10.00. The van der Waals surface area contributed by atoms with E-state index >= 15 is 0 Å². The van der Waals surface area contributed by atoms with Crippen LogP contribution >= 0.6 is 0 Å². The molecule has 273 valence electrons. The van der Waals surface area contributed by atoms with Gasteiger partial charge in [-0.05, 0) is 104 Å². The first-order valence-corrected chi connectivity index (χ1v) is 19.1. The van der Waals surface area contributed by atoms with E-state index in [1.54, 1.807) is 0 Å². The predicted molar refractivity (Wildman–Crippen MR) is 221 cm³/mol. The van der Waals surface area contributed by atoms with Crippen molar-refractivity contribution in [1.29, 1.82) is 0 Å². The molecule has 0 bridgehead atoms. The number of nitrogens with one attached hydrogen (secondary N) is 2. The third-order valence-corrected chi connectivity index (χ3v) is 11.5. The van der Waals surface area contributed by atoms with Crippen LogP contribution in [0.3, 0.4) is 0 Å². The van der Waals surface area contributed by atoms with Crippen LogP contribution in [0, 0.1) is 13.8 Å². The number of Topliss-reactive ketones (excluding diaryl/α,β-unsaturated/α-hetero) is 2. The van der Waals surface area contributed by atoms with E-state index in [2.05, 4.69) is 97.3 Å². The van der Waals surface area contributed by atoms with Gasteiger partial charge in [-0.25, -0.2) is 0 Å². The minimum atomic E-state index is 0. The van der Waals surface area contributed by atoms with Crippen molar-refractivity contribution in [3.05, 3.63) is 188 Å². The molecule has 3 aliphatic carbocycles. The summed E-state index contributed by atoms with van der Waals surface area (Å²) in [7, 11) is 0. The summed E-state index contributed by atoms with van der Waals surface area (Å²) >= 11 is 0. The number of carbonyl (C=O) groups excluding carboxylic acids is 2. The van der Waals surface area contributed by atoms with Gasteiger partial charge in [0.2, 0.25) is 0 Å². The second kappa shape index (κ2) is 15.2. The molecule has 6 aromatic carbocycles. The van der Waals surface area contributed by atoms with Gasteiger partial charge in [-0.2, -0.15) is 0 Å². The third kappa shape index (κ3) is 6.58. The third-order valence-electron chi connectivity index (χ3n) is 11.5. The zero-order chi connectivity index (χ0) is 36.8. The monoisotopic (exact) mass is 761 g/mol. The summed E-state index contributed by atoms with van der Waals surface area (Å²) < 4.78 is 0. The molecule has 1 radical (unpaired) electrons. The molecule has 3 aliphatic rings. The number of carbonyl (C=O) groups is 2. The van der Waals surface area contributed by atoms with Gasteiger partial charge < -0.3 is 10.6 Å². The molecule has 0 aromatic heterocycles. The first kappa shape index (κ1) is 36.2. The zero-order valence-electron chi connectivity index (χ0n) is 31.0. The maximum absolute atomic E-state index is 14.5. The Bertz CT molecular complexity index is 2670. The molecule has 55 heavy (non-hydrogen) atoms. The zero-order valence-corrected chi connectivity index (χ0v) is 32.0. The van der Waals surface area contributed by atoms with Crippen LogP contribution in [0.15, 0.2) is 145 Å². The summed E-state index contributed by atoms with van der Waals surface area (Å²) in [5.74, 6) is 0.0481. The second-order valence-corrected chi connectivity index (χ2v) is 14.9. The van der Waals surface area contributed by atoms with Gasteiger partial charge in [-0.1, -0.05) is 134 Å². The van der Waals surface area contributed by atoms with Crippen molar-refractivity contribution in [3.8, 4) is 0 Å². The van der Waals surface area contributed by atoms with Gasteiger partial charge in [0.15, 0.2) is 11.6 Å². The number of rotatable bonds is 6. The van der Waals surface area contributed by atoms with Gasteiger partial charge in [0.25, 0.3) is 0 Å². The molecule has 5 heteroatoms. The molecule has 9 rings (SSSR count). The smallest absolute Gasteiger partial charge is 0.195 e. The number of hydrogen-bond acceptors (Lipinski definition) is 4. The van der Waals surface area contributed by atoms with Crippen molar-refractivity contribution >= 4 is 56.4 Å². The number of allylic oxidation sites excluding steroid dienone is 2. The van der Waals surface area contributed by atoms with E-state index in [1.165, 1.54) is 0 Å². The van der Waals surface area contributed by atoms with Crippen molar-refractivity contribution < 1.29 is 26.4 Å². The Hall–Kier alpha value is -5.75. The van der Waals surface area contributed by atoms with E-state index in [0.717, 1.165) is 102 Å². The van der Waals surface area contributed by atoms with E-state index in [9.17, 15) is 9.59 Å². The van der Waals surface area contributed by atoms with E-state index in [4.69, 9.17) is 0 Å². The molecule has 1 saturated carbocycles. The van der Waals surface area contributed by atoms with Crippen molar-refractivity contribution in [3.63, 3.8) is 0 Å². The van der Waals surface area contributed by atoms with Gasteiger partial charge in [-0.3, -0.25) is 9.59 Å². The van der Waals surface area contributed by atoms with Gasteiger partial charge in [0.05, 0.1) is 0 Å². The Morgan fingerprint density at radius 1 is 0.509 bits per heavy atom. The summed E-state index contributed by atoms with van der Waals surface area (Å²) in [6, 6.07) is 41.7. The van der Waals surface area contributed by atoms with Gasteiger partial charge in [0, 0.05) is 63.6 Å². The van der Waals surface area contributed by atoms with Crippen LogP contribution in [0.5, 0.6) is 0 Å². The molecule has 0 amide bonds. The van der Waals surface area contributed by atoms with Crippen molar-refractivity contribution in [2.45, 2.75) is 51.6 Å². The molecule has 4 nitrogen and oxygen atoms in total. The first-order chi connectivity index (χ1) is 26.5. The van der Waals surface area contributed by atoms with Crippen molar-refractivity contribution in [1.82, 2.24) is 10.6 Å². The molecule has 1 fully saturated rings. The summed E-state index contributed by atoms with van der Waals surface area (Å²) in [5, 5.41) is 15.8. The van der Waals surface area contributed by atoms with Crippen LogP contribution in [0.4, 0.5) is 0 Å². The number of ketones is 2. The van der Waals surface area contributed by atoms with E-state index < -0.39 is 0 Å². The molecule has 0 aliphatic heterocycles. The summed E-state index contributed by atoms with van der Waals surface area (Å²) in [6.45, 7) is 4.18. The molecule has 2 N–H and O–H groups in total. The van der Waals surface area contributed by atoms with Gasteiger partial charge in [-0.15, -0.1) is 0 Å². The van der Waals surface area contributed by atoms with Crippen molar-refractivity contribution in [2.75, 3.05) is 0 Å². The van der Waals surface area contributed by atoms with Crippen LogP contribution in [0.2, 0.25) is 0 Å². The minimum absolute atomic E-state index is 0. The molecular weight excluding hydrogens is 719 g/mol. The van der Waals surface area contributed by atoms with E-state index in [0.29, 0.717) is 11.1 Å². The topological polar surface area (TPSA) is 58.2 Å². The fourth-order valence-electron chi connectivity index (χ4n) is 8.76. The average Bonchev–Trinajstić information content (AvgIpc) is 3.20. The molecule has 0 spiro atoms. The predicted octanol–water partition coefficient (Wildman–Crippen LogP) is 6.69. The van der Waals surface area contributed by atoms with Crippen LogP contribution in [-0.2, 0) is 26.4 Å². The van der Waals surface area contributed by atoms with Gasteiger partial charge >= 0.3 is 0 Å². The quantitative estimate of drug-likeness (QED) is 0.186. The second-order valence-electron chi connectivity index (χ2n) is 14.9. The Balaban J connectivity index is 0.00000427. The normalized spacial score (nSPS) is 19.4. The summed E-state index contributed by atoms with van der Waals surface area (Å²) in [5.41, 5.74) is 6.96. The molecular formula is C50H42CoN2O2. The number of aryl methyl sites for hydroxylation is 2. The van der Waals surface area contributed by atoms with Crippen LogP contribution in [-0.4, -0.2) is 23.7 Å². The first-order valence-electron chi connectivity index (χ1n) is 19.1. The molecule has 0 unspecified atom stereocenters. The molecule has 0 heterocycles. The standard InChI is InChI=1S/C50H42N2O2.Co/c1-31-23-25-33-13-3-7-17-39(33)45(31)47-41-19-9-5-15-35(41)27-37(49(47)53)29-51-43-21-11-12-22-44(43)52-30-38-28-36-16-6-10-20-42(36)48(50(38)54)46-32(2)24-26-34-14-4-8-18-40(34)46;/h3-10,13-20,23-30,43-44,51-52H,11-12,21-22H2,1-2H3;/b37-29-,38-30-;/t43-,44-;/m1./s1. The summed E-state index contributed by atoms with van der Waals surface area (Å²) in [6.07, 6.45) is 12.0. The van der Waals surface area contributed by atoms with Crippen molar-refractivity contribution in [2.24, 2.45) is 0 Å². The maximum Gasteiger partial charge on any atom is 0.195 e. The average molecular weight is 762 g/mol. The number of fused-ring (bicyclic) bond motifs is 4. The minimum Gasteiger partial charge on any atom is -0.386 e. The van der Waals surface area contributed by atoms with Gasteiger partial charge in [0.1, 0.15) is 0 Å². The molecule has 6 aromatic rings. The largest absolute Gasteiger partial charge is 0.386 e. The number of hydrogen-bond donors (Lipinski definition) is 2. The number of benzene rings is 6. The van der Waals surface area contributed by atoms with Crippen LogP contribution < -0.4 is 31.5 Å². The molecule has 2 atom stereocenters.